The van der Waals surface area contributed by atoms with Crippen LogP contribution in [0.3, 0.4) is 0 Å². The Labute approximate surface area is 204 Å². The molecule has 1 aliphatic carbocycles. The zero-order valence-corrected chi connectivity index (χ0v) is 19.9. The van der Waals surface area contributed by atoms with Crippen LogP contribution in [0.1, 0.15) is 51.9 Å². The summed E-state index contributed by atoms with van der Waals surface area (Å²) < 4.78 is 10.7. The number of amides is 3. The van der Waals surface area contributed by atoms with Gasteiger partial charge in [-0.3, -0.25) is 19.2 Å². The number of para-hydroxylation sites is 1. The van der Waals surface area contributed by atoms with Crippen molar-refractivity contribution in [1.82, 2.24) is 4.90 Å². The molecule has 2 aromatic carbocycles. The Balaban J connectivity index is 1.55. The largest absolute Gasteiger partial charge is 0.484 e. The van der Waals surface area contributed by atoms with Crippen LogP contribution in [0.4, 0.5) is 5.69 Å². The van der Waals surface area contributed by atoms with Gasteiger partial charge in [-0.05, 0) is 49.2 Å². The first kappa shape index (κ1) is 24.4. The van der Waals surface area contributed by atoms with E-state index in [1.807, 2.05) is 18.2 Å². The Hall–Kier alpha value is -3.68. The van der Waals surface area contributed by atoms with Crippen molar-refractivity contribution in [2.45, 2.75) is 64.0 Å². The first-order valence-electron chi connectivity index (χ1n) is 12.1. The average Bonchev–Trinajstić information content (AvgIpc) is 3.00. The van der Waals surface area contributed by atoms with Gasteiger partial charge in [0.1, 0.15) is 17.5 Å². The summed E-state index contributed by atoms with van der Waals surface area (Å²) in [5, 5.41) is 0. The molecule has 2 aliphatic rings. The van der Waals surface area contributed by atoms with Crippen LogP contribution in [-0.2, 0) is 19.2 Å². The topological polar surface area (TPSA) is 93.2 Å². The third-order valence-electron chi connectivity index (χ3n) is 6.43. The molecule has 0 radical (unpaired) electrons. The number of ether oxygens (including phenoxy) is 2. The summed E-state index contributed by atoms with van der Waals surface area (Å²) in [7, 11) is 0. The lowest BCUT2D eigenvalue weighted by Crippen LogP contribution is -2.52. The lowest BCUT2D eigenvalue weighted by atomic mass is 10.0. The van der Waals surface area contributed by atoms with Crippen molar-refractivity contribution >= 4 is 29.4 Å². The molecule has 2 fully saturated rings. The predicted octanol–water partition coefficient (Wildman–Crippen LogP) is 3.87. The monoisotopic (exact) mass is 478 g/mol. The van der Waals surface area contributed by atoms with Crippen molar-refractivity contribution in [2.24, 2.45) is 0 Å². The fourth-order valence-electron chi connectivity index (χ4n) is 4.84. The standard InChI is InChI=1S/C27H30N2O6/c1-19(30)35-23-15-13-21(14-16-23)29-25(31)17-24(27(29)33)28(20-9-5-2-3-6-10-20)26(32)18-34-22-11-7-4-8-12-22/h4,7-8,11-16,20,24H,2-3,5-6,9-10,17-18H2,1H3. The van der Waals surface area contributed by atoms with E-state index >= 15 is 0 Å². The fraction of sp³-hybridized carbons (Fsp3) is 0.407. The zero-order valence-electron chi connectivity index (χ0n) is 19.9. The number of imide groups is 1. The van der Waals surface area contributed by atoms with E-state index in [0.29, 0.717) is 17.2 Å². The Kier molecular flexibility index (Phi) is 7.80. The molecule has 0 spiro atoms. The van der Waals surface area contributed by atoms with E-state index in [1.165, 1.54) is 19.1 Å². The molecule has 1 unspecified atom stereocenters. The normalized spacial score (nSPS) is 18.8. The molecule has 2 aromatic rings. The van der Waals surface area contributed by atoms with E-state index in [0.717, 1.165) is 43.4 Å². The van der Waals surface area contributed by atoms with Gasteiger partial charge in [-0.1, -0.05) is 43.9 Å². The molecule has 0 N–H and O–H groups in total. The van der Waals surface area contributed by atoms with Gasteiger partial charge in [0.05, 0.1) is 12.1 Å². The Morgan fingerprint density at radius 3 is 2.20 bits per heavy atom. The highest BCUT2D eigenvalue weighted by Gasteiger charge is 2.46. The molecule has 8 nitrogen and oxygen atoms in total. The van der Waals surface area contributed by atoms with Gasteiger partial charge in [-0.15, -0.1) is 0 Å². The van der Waals surface area contributed by atoms with Crippen LogP contribution in [0, 0.1) is 0 Å². The molecule has 184 valence electrons. The van der Waals surface area contributed by atoms with Gasteiger partial charge in [0, 0.05) is 13.0 Å². The minimum Gasteiger partial charge on any atom is -0.484 e. The SMILES string of the molecule is CC(=O)Oc1ccc(N2C(=O)CC(N(C(=O)COc3ccccc3)C3CCCCCC3)C2=O)cc1. The van der Waals surface area contributed by atoms with Gasteiger partial charge in [0.15, 0.2) is 6.61 Å². The van der Waals surface area contributed by atoms with Gasteiger partial charge in [-0.25, -0.2) is 4.90 Å². The van der Waals surface area contributed by atoms with Gasteiger partial charge in [0.2, 0.25) is 5.91 Å². The third-order valence-corrected chi connectivity index (χ3v) is 6.43. The van der Waals surface area contributed by atoms with Crippen LogP contribution in [-0.4, -0.2) is 47.3 Å². The first-order valence-corrected chi connectivity index (χ1v) is 12.1. The predicted molar refractivity (Wildman–Crippen MR) is 129 cm³/mol. The van der Waals surface area contributed by atoms with E-state index in [-0.39, 0.29) is 30.9 Å². The molecule has 0 aromatic heterocycles. The molecule has 1 saturated carbocycles. The number of anilines is 1. The third kappa shape index (κ3) is 5.88. The van der Waals surface area contributed by atoms with E-state index in [1.54, 1.807) is 29.2 Å². The van der Waals surface area contributed by atoms with Crippen LogP contribution in [0.15, 0.2) is 54.6 Å². The maximum Gasteiger partial charge on any atom is 0.308 e. The van der Waals surface area contributed by atoms with Crippen molar-refractivity contribution in [3.8, 4) is 11.5 Å². The number of carbonyl (C=O) groups excluding carboxylic acids is 4. The van der Waals surface area contributed by atoms with Crippen molar-refractivity contribution in [2.75, 3.05) is 11.5 Å². The number of esters is 1. The Morgan fingerprint density at radius 1 is 0.914 bits per heavy atom. The number of benzene rings is 2. The lowest BCUT2D eigenvalue weighted by Gasteiger charge is -2.35. The molecule has 1 saturated heterocycles. The van der Waals surface area contributed by atoms with Crippen LogP contribution in [0.25, 0.3) is 0 Å². The molecule has 4 rings (SSSR count). The molecule has 3 amide bonds. The van der Waals surface area contributed by atoms with Gasteiger partial charge < -0.3 is 14.4 Å². The number of hydrogen-bond donors (Lipinski definition) is 0. The molecule has 1 atom stereocenters. The molecule has 1 aliphatic heterocycles. The molecule has 1 heterocycles. The second-order valence-electron chi connectivity index (χ2n) is 8.92. The van der Waals surface area contributed by atoms with E-state index < -0.39 is 17.9 Å². The smallest absolute Gasteiger partial charge is 0.308 e. The number of rotatable bonds is 7. The summed E-state index contributed by atoms with van der Waals surface area (Å²) in [5.41, 5.74) is 0.382. The average molecular weight is 479 g/mol. The molecule has 0 bridgehead atoms. The minimum atomic E-state index is -0.870. The van der Waals surface area contributed by atoms with Crippen molar-refractivity contribution in [3.05, 3.63) is 54.6 Å². The van der Waals surface area contributed by atoms with Crippen LogP contribution < -0.4 is 14.4 Å². The summed E-state index contributed by atoms with van der Waals surface area (Å²) >= 11 is 0. The highest BCUT2D eigenvalue weighted by Crippen LogP contribution is 2.31. The number of nitrogens with zero attached hydrogens (tertiary/aromatic N) is 2. The maximum absolute atomic E-state index is 13.5. The summed E-state index contributed by atoms with van der Waals surface area (Å²) in [5.74, 6) is -0.640. The molecule has 8 heteroatoms. The van der Waals surface area contributed by atoms with E-state index in [4.69, 9.17) is 9.47 Å². The highest BCUT2D eigenvalue weighted by atomic mass is 16.5. The summed E-state index contributed by atoms with van der Waals surface area (Å²) in [6, 6.07) is 14.3. The molecular weight excluding hydrogens is 448 g/mol. The Morgan fingerprint density at radius 2 is 1.57 bits per heavy atom. The van der Waals surface area contributed by atoms with Gasteiger partial charge in [0.25, 0.3) is 11.8 Å². The Bertz CT molecular complexity index is 1060. The fourth-order valence-corrected chi connectivity index (χ4v) is 4.84. The van der Waals surface area contributed by atoms with Crippen molar-refractivity contribution < 1.29 is 28.7 Å². The van der Waals surface area contributed by atoms with E-state index in [9.17, 15) is 19.2 Å². The number of hydrogen-bond acceptors (Lipinski definition) is 6. The zero-order chi connectivity index (χ0) is 24.8. The van der Waals surface area contributed by atoms with Crippen LogP contribution >= 0.6 is 0 Å². The summed E-state index contributed by atoms with van der Waals surface area (Å²) in [6.45, 7) is 1.10. The van der Waals surface area contributed by atoms with Crippen LogP contribution in [0.5, 0.6) is 11.5 Å². The lowest BCUT2D eigenvalue weighted by molar-refractivity contribution is -0.143. The quantitative estimate of drug-likeness (QED) is 0.260. The molecule has 35 heavy (non-hydrogen) atoms. The summed E-state index contributed by atoms with van der Waals surface area (Å²) in [4.78, 5) is 53.8. The molecular formula is C27H30N2O6. The second-order valence-corrected chi connectivity index (χ2v) is 8.92. The van der Waals surface area contributed by atoms with Crippen molar-refractivity contribution in [3.63, 3.8) is 0 Å². The van der Waals surface area contributed by atoms with Crippen molar-refractivity contribution in [1.29, 1.82) is 0 Å². The summed E-state index contributed by atoms with van der Waals surface area (Å²) in [6.07, 6.45) is 5.67. The van der Waals surface area contributed by atoms with Gasteiger partial charge in [-0.2, -0.15) is 0 Å². The second kappa shape index (κ2) is 11.2. The number of carbonyl (C=O) groups is 4. The minimum absolute atomic E-state index is 0.0713. The van der Waals surface area contributed by atoms with E-state index in [2.05, 4.69) is 0 Å². The van der Waals surface area contributed by atoms with Crippen LogP contribution in [0.2, 0.25) is 0 Å². The van der Waals surface area contributed by atoms with Gasteiger partial charge >= 0.3 is 5.97 Å². The highest BCUT2D eigenvalue weighted by molar-refractivity contribution is 6.23. The maximum atomic E-state index is 13.5. The first-order chi connectivity index (χ1) is 16.9.